The van der Waals surface area contributed by atoms with Crippen molar-refractivity contribution in [1.82, 2.24) is 0 Å². The molecule has 12 nitrogen and oxygen atoms in total. The Morgan fingerprint density at radius 2 is 0.857 bits per heavy atom. The third-order valence-electron chi connectivity index (χ3n) is 3.56. The average molecular weight is 426 g/mol. The van der Waals surface area contributed by atoms with Crippen molar-refractivity contribution in [2.75, 3.05) is 0 Å². The zero-order valence-electron chi connectivity index (χ0n) is 14.2. The van der Waals surface area contributed by atoms with Crippen molar-refractivity contribution in [2.45, 2.75) is 23.6 Å². The molecule has 0 spiro atoms. The summed E-state index contributed by atoms with van der Waals surface area (Å²) in [7, 11) is 1.59. The molecule has 0 aliphatic rings. The van der Waals surface area contributed by atoms with Crippen LogP contribution in [-0.4, -0.2) is 19.7 Å². The molecule has 14 heteroatoms. The Bertz CT molecular complexity index is 945. The van der Waals surface area contributed by atoms with E-state index in [2.05, 4.69) is 0 Å². The van der Waals surface area contributed by atoms with Gasteiger partial charge in [0.05, 0.1) is 41.6 Å². The van der Waals surface area contributed by atoms with Crippen molar-refractivity contribution in [2.24, 2.45) is 0 Å². The highest BCUT2D eigenvalue weighted by Gasteiger charge is 2.26. The number of nitrogens with zero attached hydrogens (tertiary/aromatic N) is 4. The van der Waals surface area contributed by atoms with Crippen LogP contribution in [0.4, 0.5) is 22.7 Å². The monoisotopic (exact) mass is 426 g/mol. The van der Waals surface area contributed by atoms with E-state index in [1.807, 2.05) is 0 Å². The molecule has 2 rings (SSSR count). The summed E-state index contributed by atoms with van der Waals surface area (Å²) in [4.78, 5) is 41.5. The molecule has 0 N–H and O–H groups in total. The first-order valence-corrected chi connectivity index (χ1v) is 9.39. The number of hydrogen-bond donors (Lipinski definition) is 0. The third-order valence-corrected chi connectivity index (χ3v) is 5.99. The quantitative estimate of drug-likeness (QED) is 0.342. The number of rotatable bonds is 7. The second-order valence-electron chi connectivity index (χ2n) is 5.41. The summed E-state index contributed by atoms with van der Waals surface area (Å²) in [5.74, 6) is 0. The van der Waals surface area contributed by atoms with Gasteiger partial charge in [-0.3, -0.25) is 40.5 Å². The van der Waals surface area contributed by atoms with Crippen molar-refractivity contribution in [3.63, 3.8) is 0 Å². The molecule has 0 amide bonds. The van der Waals surface area contributed by atoms with Gasteiger partial charge in [0.25, 0.3) is 22.7 Å². The van der Waals surface area contributed by atoms with Crippen LogP contribution >= 0.6 is 21.6 Å². The molecule has 0 heterocycles. The van der Waals surface area contributed by atoms with Crippen LogP contribution in [0, 0.1) is 54.3 Å². The van der Waals surface area contributed by atoms with Crippen LogP contribution in [0.5, 0.6) is 0 Å². The lowest BCUT2D eigenvalue weighted by Crippen LogP contribution is -1.98. The summed E-state index contributed by atoms with van der Waals surface area (Å²) in [6.45, 7) is 2.82. The minimum Gasteiger partial charge on any atom is -0.258 e. The van der Waals surface area contributed by atoms with Gasteiger partial charge in [0.2, 0.25) is 0 Å². The lowest BCUT2D eigenvalue weighted by molar-refractivity contribution is -0.396. The fourth-order valence-corrected chi connectivity index (χ4v) is 4.63. The molecule has 0 atom stereocenters. The topological polar surface area (TPSA) is 173 Å². The van der Waals surface area contributed by atoms with Crippen molar-refractivity contribution in [3.05, 3.63) is 75.8 Å². The predicted octanol–water partition coefficient (Wildman–Crippen LogP) is 4.74. The van der Waals surface area contributed by atoms with Crippen LogP contribution < -0.4 is 0 Å². The standard InChI is InChI=1S/C14H10N4O8S2/c1-7-3-13(11(17(23)24)5-9(7)15(19)20)27-28-14-4-8(2)10(16(21)22)6-12(14)18(25)26/h3-6H,1-2H3. The summed E-state index contributed by atoms with van der Waals surface area (Å²) in [6.07, 6.45) is 0. The van der Waals surface area contributed by atoms with E-state index < -0.39 is 42.4 Å². The maximum atomic E-state index is 11.2. The molecule has 0 bridgehead atoms. The molecule has 0 radical (unpaired) electrons. The zero-order valence-corrected chi connectivity index (χ0v) is 15.8. The summed E-state index contributed by atoms with van der Waals surface area (Å²) >= 11 is 0. The van der Waals surface area contributed by atoms with E-state index in [-0.39, 0.29) is 20.9 Å². The summed E-state index contributed by atoms with van der Waals surface area (Å²) in [5.41, 5.74) is -1.50. The molecular weight excluding hydrogens is 416 g/mol. The van der Waals surface area contributed by atoms with Crippen molar-refractivity contribution < 1.29 is 19.7 Å². The summed E-state index contributed by atoms with van der Waals surface area (Å²) < 4.78 is 0. The number of aryl methyl sites for hydroxylation is 2. The van der Waals surface area contributed by atoms with E-state index in [0.29, 0.717) is 0 Å². The summed E-state index contributed by atoms with van der Waals surface area (Å²) in [6, 6.07) is 4.15. The first-order valence-electron chi connectivity index (χ1n) is 7.24. The lowest BCUT2D eigenvalue weighted by atomic mass is 10.2. The van der Waals surface area contributed by atoms with Gasteiger partial charge in [0.1, 0.15) is 0 Å². The molecule has 146 valence electrons. The van der Waals surface area contributed by atoms with Gasteiger partial charge in [-0.25, -0.2) is 0 Å². The van der Waals surface area contributed by atoms with Gasteiger partial charge in [-0.2, -0.15) is 0 Å². The minimum atomic E-state index is -0.787. The second-order valence-corrected chi connectivity index (χ2v) is 7.62. The second kappa shape index (κ2) is 8.18. The Balaban J connectivity index is 2.46. The largest absolute Gasteiger partial charge is 0.290 e. The molecule has 0 fully saturated rings. The first kappa shape index (κ1) is 21.0. The van der Waals surface area contributed by atoms with Crippen LogP contribution in [0.3, 0.4) is 0 Å². The maximum absolute atomic E-state index is 11.2. The molecule has 2 aromatic carbocycles. The van der Waals surface area contributed by atoms with E-state index in [4.69, 9.17) is 0 Å². The van der Waals surface area contributed by atoms with Crippen LogP contribution in [0.15, 0.2) is 34.1 Å². The Labute approximate surface area is 163 Å². The molecular formula is C14H10N4O8S2. The molecule has 0 aliphatic carbocycles. The van der Waals surface area contributed by atoms with Crippen LogP contribution in [0.25, 0.3) is 0 Å². The highest BCUT2D eigenvalue weighted by Crippen LogP contribution is 2.47. The van der Waals surface area contributed by atoms with Gasteiger partial charge >= 0.3 is 0 Å². The summed E-state index contributed by atoms with van der Waals surface area (Å²) in [5, 5.41) is 44.4. The fourth-order valence-electron chi connectivity index (χ4n) is 2.22. The Morgan fingerprint density at radius 1 is 0.571 bits per heavy atom. The smallest absolute Gasteiger partial charge is 0.258 e. The van der Waals surface area contributed by atoms with Gasteiger partial charge in [-0.15, -0.1) is 0 Å². The molecule has 0 saturated carbocycles. The Hall–Kier alpha value is -3.26. The van der Waals surface area contributed by atoms with Crippen LogP contribution in [0.1, 0.15) is 11.1 Å². The van der Waals surface area contributed by atoms with Crippen molar-refractivity contribution in [3.8, 4) is 0 Å². The SMILES string of the molecule is Cc1cc(SSc2cc(C)c([N+](=O)[O-])cc2[N+](=O)[O-])c([N+](=O)[O-])cc1[N+](=O)[O-]. The average Bonchev–Trinajstić information content (AvgIpc) is 2.58. The molecule has 28 heavy (non-hydrogen) atoms. The van der Waals surface area contributed by atoms with Gasteiger partial charge in [-0.05, 0) is 47.6 Å². The zero-order chi connectivity index (χ0) is 21.2. The number of benzene rings is 2. The van der Waals surface area contributed by atoms with Crippen molar-refractivity contribution in [1.29, 1.82) is 0 Å². The number of nitro benzene ring substituents is 4. The first-order chi connectivity index (χ1) is 13.0. The van der Waals surface area contributed by atoms with E-state index in [1.165, 1.54) is 26.0 Å². The highest BCUT2D eigenvalue weighted by atomic mass is 33.1. The molecule has 2 aromatic rings. The number of nitro groups is 4. The van der Waals surface area contributed by atoms with Gasteiger partial charge in [-0.1, -0.05) is 0 Å². The van der Waals surface area contributed by atoms with Gasteiger partial charge in [0.15, 0.2) is 0 Å². The predicted molar refractivity (Wildman–Crippen MR) is 101 cm³/mol. The molecule has 0 unspecified atom stereocenters. The third kappa shape index (κ3) is 4.34. The lowest BCUT2D eigenvalue weighted by Gasteiger charge is -2.06. The molecule has 0 aromatic heterocycles. The van der Waals surface area contributed by atoms with Gasteiger partial charge < -0.3 is 0 Å². The van der Waals surface area contributed by atoms with E-state index in [0.717, 1.165) is 33.7 Å². The van der Waals surface area contributed by atoms with Gasteiger partial charge in [0, 0.05) is 11.1 Å². The Morgan fingerprint density at radius 3 is 1.11 bits per heavy atom. The van der Waals surface area contributed by atoms with Crippen molar-refractivity contribution >= 4 is 44.3 Å². The van der Waals surface area contributed by atoms with E-state index in [1.54, 1.807) is 0 Å². The molecule has 0 saturated heterocycles. The Kier molecular flexibility index (Phi) is 6.15. The maximum Gasteiger partial charge on any atom is 0.290 e. The van der Waals surface area contributed by atoms with E-state index >= 15 is 0 Å². The van der Waals surface area contributed by atoms with E-state index in [9.17, 15) is 40.5 Å². The van der Waals surface area contributed by atoms with Crippen LogP contribution in [0.2, 0.25) is 0 Å². The van der Waals surface area contributed by atoms with Crippen LogP contribution in [-0.2, 0) is 0 Å². The number of hydrogen-bond acceptors (Lipinski definition) is 10. The minimum absolute atomic E-state index is 0.0587. The molecule has 0 aliphatic heterocycles. The fraction of sp³-hybridized carbons (Fsp3) is 0.143. The highest BCUT2D eigenvalue weighted by molar-refractivity contribution is 8.76. The normalized spacial score (nSPS) is 10.5.